The molecule has 2 N–H and O–H groups in total. The number of nitrogens with two attached hydrogens (primary N) is 1. The summed E-state index contributed by atoms with van der Waals surface area (Å²) in [5, 5.41) is 0.517. The SMILES string of the molecule is CC[C@@H]1CCc2c(sc(N3C(=O)[C@H]4[C@H]5CC[C@@H](C5)[C@@H]4C3=O)c2C(N)=O)C1. The Bertz CT molecular complexity index is 801. The highest BCUT2D eigenvalue weighted by molar-refractivity contribution is 7.17. The fraction of sp³-hybridized carbons (Fsp3) is 0.650. The van der Waals surface area contributed by atoms with Crippen molar-refractivity contribution in [3.05, 3.63) is 16.0 Å². The number of hydrogen-bond donors (Lipinski definition) is 1. The van der Waals surface area contributed by atoms with Gasteiger partial charge in [0.2, 0.25) is 11.8 Å². The summed E-state index contributed by atoms with van der Waals surface area (Å²) in [6, 6.07) is 0. The maximum atomic E-state index is 13.2. The number of nitrogens with zero attached hydrogens (tertiary/aromatic N) is 1. The van der Waals surface area contributed by atoms with Crippen LogP contribution in [0.3, 0.4) is 0 Å². The summed E-state index contributed by atoms with van der Waals surface area (Å²) in [5.74, 6) is 0.308. The number of rotatable bonds is 3. The smallest absolute Gasteiger partial charge is 0.252 e. The largest absolute Gasteiger partial charge is 0.365 e. The molecule has 3 aliphatic carbocycles. The van der Waals surface area contributed by atoms with Crippen molar-refractivity contribution < 1.29 is 14.4 Å². The van der Waals surface area contributed by atoms with E-state index in [1.165, 1.54) is 16.2 Å². The standard InChI is InChI=1S/C20H24N2O3S/c1-2-9-3-6-12-13(7-9)26-20(16(12)17(21)23)22-18(24)14-10-4-5-11(8-10)15(14)19(22)25/h9-11,14-15H,2-8H2,1H3,(H2,21,23)/t9-,10+,11+,14+,15+/m1/s1. The number of carbonyl (C=O) groups excluding carboxylic acids is 3. The van der Waals surface area contributed by atoms with E-state index in [9.17, 15) is 14.4 Å². The first-order valence-electron chi connectivity index (χ1n) is 9.83. The number of fused-ring (bicyclic) bond motifs is 6. The van der Waals surface area contributed by atoms with Gasteiger partial charge >= 0.3 is 0 Å². The molecule has 6 heteroatoms. The number of carbonyl (C=O) groups is 3. The van der Waals surface area contributed by atoms with E-state index in [-0.39, 0.29) is 23.7 Å². The van der Waals surface area contributed by atoms with Crippen LogP contribution in [0, 0.1) is 29.6 Å². The molecule has 2 bridgehead atoms. The average Bonchev–Trinajstić information content (AvgIpc) is 3.35. The van der Waals surface area contributed by atoms with E-state index in [2.05, 4.69) is 6.92 Å². The van der Waals surface area contributed by atoms with Crippen LogP contribution in [-0.4, -0.2) is 17.7 Å². The molecular weight excluding hydrogens is 348 g/mol. The fourth-order valence-electron chi connectivity index (χ4n) is 6.01. The zero-order valence-corrected chi connectivity index (χ0v) is 15.8. The Morgan fingerprint density at radius 3 is 2.38 bits per heavy atom. The molecule has 2 saturated carbocycles. The molecule has 0 aromatic carbocycles. The van der Waals surface area contributed by atoms with Crippen LogP contribution < -0.4 is 10.6 Å². The third-order valence-electron chi connectivity index (χ3n) is 7.30. The molecule has 5 atom stereocenters. The Kier molecular flexibility index (Phi) is 3.58. The Balaban J connectivity index is 1.58. The van der Waals surface area contributed by atoms with Gasteiger partial charge in [-0.1, -0.05) is 13.3 Å². The van der Waals surface area contributed by atoms with Crippen LogP contribution in [0.4, 0.5) is 5.00 Å². The third-order valence-corrected chi connectivity index (χ3v) is 8.54. The first kappa shape index (κ1) is 16.5. The van der Waals surface area contributed by atoms with Crippen molar-refractivity contribution >= 4 is 34.1 Å². The van der Waals surface area contributed by atoms with Crippen molar-refractivity contribution in [3.8, 4) is 0 Å². The van der Waals surface area contributed by atoms with Crippen molar-refractivity contribution in [1.82, 2.24) is 0 Å². The predicted molar refractivity (Wildman–Crippen MR) is 98.9 cm³/mol. The zero-order valence-electron chi connectivity index (χ0n) is 15.0. The minimum atomic E-state index is -0.506. The molecule has 0 radical (unpaired) electrons. The van der Waals surface area contributed by atoms with Crippen molar-refractivity contribution in [1.29, 1.82) is 0 Å². The molecule has 0 spiro atoms. The van der Waals surface area contributed by atoms with Gasteiger partial charge < -0.3 is 5.73 Å². The minimum Gasteiger partial charge on any atom is -0.365 e. The lowest BCUT2D eigenvalue weighted by Crippen LogP contribution is -2.33. The van der Waals surface area contributed by atoms with Gasteiger partial charge in [-0.2, -0.15) is 0 Å². The Morgan fingerprint density at radius 1 is 1.15 bits per heavy atom. The van der Waals surface area contributed by atoms with Gasteiger partial charge in [0.05, 0.1) is 17.4 Å². The van der Waals surface area contributed by atoms with Gasteiger partial charge in [0, 0.05) is 4.88 Å². The molecule has 1 aliphatic heterocycles. The number of amides is 3. The topological polar surface area (TPSA) is 80.5 Å². The molecule has 4 aliphatic rings. The summed E-state index contributed by atoms with van der Waals surface area (Å²) in [7, 11) is 0. The van der Waals surface area contributed by atoms with Gasteiger partial charge in [-0.25, -0.2) is 4.90 Å². The summed E-state index contributed by atoms with van der Waals surface area (Å²) in [4.78, 5) is 41.1. The van der Waals surface area contributed by atoms with Gasteiger partial charge in [0.25, 0.3) is 5.91 Å². The molecule has 1 saturated heterocycles. The summed E-state index contributed by atoms with van der Waals surface area (Å²) in [6.07, 6.45) is 7.01. The Hall–Kier alpha value is -1.69. The van der Waals surface area contributed by atoms with Crippen molar-refractivity contribution in [2.75, 3.05) is 4.90 Å². The average molecular weight is 372 g/mol. The zero-order chi connectivity index (χ0) is 18.2. The van der Waals surface area contributed by atoms with Crippen LogP contribution in [0.2, 0.25) is 0 Å². The lowest BCUT2D eigenvalue weighted by molar-refractivity contribution is -0.123. The van der Waals surface area contributed by atoms with E-state index >= 15 is 0 Å². The summed E-state index contributed by atoms with van der Waals surface area (Å²) in [6.45, 7) is 2.18. The second kappa shape index (κ2) is 5.65. The molecular formula is C20H24N2O3S. The Labute approximate surface area is 156 Å². The van der Waals surface area contributed by atoms with E-state index < -0.39 is 5.91 Å². The minimum absolute atomic E-state index is 0.0830. The first-order valence-corrected chi connectivity index (χ1v) is 10.6. The van der Waals surface area contributed by atoms with Gasteiger partial charge in [0.1, 0.15) is 5.00 Å². The summed E-state index contributed by atoms with van der Waals surface area (Å²) < 4.78 is 0. The van der Waals surface area contributed by atoms with Gasteiger partial charge in [-0.15, -0.1) is 11.3 Å². The lowest BCUT2D eigenvalue weighted by Gasteiger charge is -2.20. The molecule has 1 aromatic heterocycles. The van der Waals surface area contributed by atoms with Gasteiger partial charge in [-0.3, -0.25) is 14.4 Å². The molecule has 0 unspecified atom stereocenters. The van der Waals surface area contributed by atoms with E-state index in [1.54, 1.807) is 0 Å². The van der Waals surface area contributed by atoms with Crippen molar-refractivity contribution in [2.45, 2.75) is 51.9 Å². The highest BCUT2D eigenvalue weighted by atomic mass is 32.1. The predicted octanol–water partition coefficient (Wildman–Crippen LogP) is 2.90. The van der Waals surface area contributed by atoms with Crippen LogP contribution >= 0.6 is 11.3 Å². The Morgan fingerprint density at radius 2 is 1.81 bits per heavy atom. The number of primary amides is 1. The first-order chi connectivity index (χ1) is 12.5. The molecule has 2 heterocycles. The van der Waals surface area contributed by atoms with Crippen LogP contribution in [0.25, 0.3) is 0 Å². The number of anilines is 1. The second-order valence-electron chi connectivity index (χ2n) is 8.46. The highest BCUT2D eigenvalue weighted by Crippen LogP contribution is 2.57. The molecule has 3 amide bonds. The van der Waals surface area contributed by atoms with Gasteiger partial charge in [0.15, 0.2) is 0 Å². The molecule has 5 nitrogen and oxygen atoms in total. The highest BCUT2D eigenvalue weighted by Gasteiger charge is 2.61. The maximum Gasteiger partial charge on any atom is 0.252 e. The quantitative estimate of drug-likeness (QED) is 0.829. The van der Waals surface area contributed by atoms with Crippen molar-refractivity contribution in [2.24, 2.45) is 35.3 Å². The number of imide groups is 1. The summed E-state index contributed by atoms with van der Waals surface area (Å²) >= 11 is 1.46. The van der Waals surface area contributed by atoms with Crippen LogP contribution in [0.15, 0.2) is 0 Å². The second-order valence-corrected chi connectivity index (χ2v) is 9.55. The van der Waals surface area contributed by atoms with Crippen LogP contribution in [-0.2, 0) is 22.4 Å². The monoisotopic (exact) mass is 372 g/mol. The molecule has 138 valence electrons. The van der Waals surface area contributed by atoms with E-state index in [1.807, 2.05) is 0 Å². The third kappa shape index (κ3) is 2.05. The van der Waals surface area contributed by atoms with Gasteiger partial charge in [-0.05, 0) is 61.8 Å². The van der Waals surface area contributed by atoms with E-state index in [4.69, 9.17) is 5.73 Å². The molecule has 3 fully saturated rings. The van der Waals surface area contributed by atoms with Crippen LogP contribution in [0.5, 0.6) is 0 Å². The summed E-state index contributed by atoms with van der Waals surface area (Å²) in [5.41, 5.74) is 7.14. The normalized spacial score (nSPS) is 35.1. The number of hydrogen-bond acceptors (Lipinski definition) is 4. The molecule has 1 aromatic rings. The molecule has 5 rings (SSSR count). The maximum absolute atomic E-state index is 13.2. The lowest BCUT2D eigenvalue weighted by atomic mass is 9.81. The van der Waals surface area contributed by atoms with E-state index in [0.717, 1.165) is 55.4 Å². The van der Waals surface area contributed by atoms with E-state index in [0.29, 0.717) is 28.3 Å². The molecule has 26 heavy (non-hydrogen) atoms. The van der Waals surface area contributed by atoms with Crippen LogP contribution in [0.1, 0.15) is 59.8 Å². The fourth-order valence-corrected chi connectivity index (χ4v) is 7.49. The van der Waals surface area contributed by atoms with Crippen molar-refractivity contribution in [3.63, 3.8) is 0 Å². The number of thiophene rings is 1.